The van der Waals surface area contributed by atoms with Crippen molar-refractivity contribution in [2.45, 2.75) is 6.42 Å². The van der Waals surface area contributed by atoms with Crippen LogP contribution in [0, 0.1) is 5.82 Å². The second-order valence-corrected chi connectivity index (χ2v) is 7.25. The zero-order valence-electron chi connectivity index (χ0n) is 14.4. The number of carbonyl (C=O) groups is 2. The maximum Gasteiger partial charge on any atom is 0.273 e. The van der Waals surface area contributed by atoms with Crippen LogP contribution in [0.5, 0.6) is 0 Å². The summed E-state index contributed by atoms with van der Waals surface area (Å²) in [6.07, 6.45) is 0.646. The average Bonchev–Trinajstić information content (AvgIpc) is 3.10. The first-order chi connectivity index (χ1) is 12.5. The van der Waals surface area contributed by atoms with Gasteiger partial charge in [-0.05, 0) is 24.7 Å². The van der Waals surface area contributed by atoms with Crippen LogP contribution in [0.15, 0.2) is 23.6 Å². The van der Waals surface area contributed by atoms with Crippen LogP contribution in [0.4, 0.5) is 4.39 Å². The van der Waals surface area contributed by atoms with Gasteiger partial charge in [-0.25, -0.2) is 9.37 Å². The first-order valence-electron chi connectivity index (χ1n) is 8.17. The predicted molar refractivity (Wildman–Crippen MR) is 105 cm³/mol. The second kappa shape index (κ2) is 9.45. The third-order valence-corrected chi connectivity index (χ3v) is 5.29. The standard InChI is InChI=1S/C17H18ClFN4O2S.ClH/c18-11-1-2-12(13(19)9-11)16(24)22-5-7-23(8-6-22)17(25)14-10-26-15(21-14)3-4-20;/h1-2,9-10H,3-8,20H2;1H. The van der Waals surface area contributed by atoms with Crippen molar-refractivity contribution >= 4 is 47.2 Å². The van der Waals surface area contributed by atoms with Crippen molar-refractivity contribution in [1.82, 2.24) is 14.8 Å². The van der Waals surface area contributed by atoms with E-state index in [1.165, 1.54) is 28.4 Å². The van der Waals surface area contributed by atoms with E-state index in [0.717, 1.165) is 11.1 Å². The summed E-state index contributed by atoms with van der Waals surface area (Å²) in [7, 11) is 0. The van der Waals surface area contributed by atoms with Gasteiger partial charge < -0.3 is 15.5 Å². The Hall–Kier alpha value is -1.74. The van der Waals surface area contributed by atoms with Gasteiger partial charge in [-0.3, -0.25) is 9.59 Å². The van der Waals surface area contributed by atoms with Crippen molar-refractivity contribution in [3.63, 3.8) is 0 Å². The Labute approximate surface area is 171 Å². The van der Waals surface area contributed by atoms with Gasteiger partial charge in [0.2, 0.25) is 0 Å². The molecule has 0 saturated carbocycles. The molecule has 0 unspecified atom stereocenters. The molecule has 1 saturated heterocycles. The van der Waals surface area contributed by atoms with Crippen molar-refractivity contribution in [2.75, 3.05) is 32.7 Å². The fourth-order valence-electron chi connectivity index (χ4n) is 2.76. The van der Waals surface area contributed by atoms with Gasteiger partial charge in [-0.15, -0.1) is 23.7 Å². The molecule has 0 radical (unpaired) electrons. The number of piperazine rings is 1. The maximum absolute atomic E-state index is 13.9. The lowest BCUT2D eigenvalue weighted by Crippen LogP contribution is -2.50. The van der Waals surface area contributed by atoms with Gasteiger partial charge in [0, 0.05) is 43.0 Å². The molecule has 1 aliphatic heterocycles. The minimum Gasteiger partial charge on any atom is -0.335 e. The molecule has 146 valence electrons. The topological polar surface area (TPSA) is 79.5 Å². The smallest absolute Gasteiger partial charge is 0.273 e. The highest BCUT2D eigenvalue weighted by molar-refractivity contribution is 7.09. The molecule has 27 heavy (non-hydrogen) atoms. The lowest BCUT2D eigenvalue weighted by atomic mass is 10.1. The predicted octanol–water partition coefficient (Wildman–Crippen LogP) is 2.46. The van der Waals surface area contributed by atoms with E-state index in [4.69, 9.17) is 17.3 Å². The third-order valence-electron chi connectivity index (χ3n) is 4.14. The van der Waals surface area contributed by atoms with Gasteiger partial charge in [-0.1, -0.05) is 11.6 Å². The normalized spacial score (nSPS) is 14.0. The second-order valence-electron chi connectivity index (χ2n) is 5.87. The van der Waals surface area contributed by atoms with Crippen LogP contribution in [-0.4, -0.2) is 59.3 Å². The average molecular weight is 433 g/mol. The molecule has 1 aromatic carbocycles. The van der Waals surface area contributed by atoms with Gasteiger partial charge >= 0.3 is 0 Å². The zero-order valence-corrected chi connectivity index (χ0v) is 16.7. The molecule has 0 spiro atoms. The van der Waals surface area contributed by atoms with E-state index in [2.05, 4.69) is 4.98 Å². The summed E-state index contributed by atoms with van der Waals surface area (Å²) in [4.78, 5) is 32.5. The number of rotatable bonds is 4. The molecule has 2 aromatic rings. The molecule has 2 N–H and O–H groups in total. The Morgan fingerprint density at radius 2 is 1.81 bits per heavy atom. The third kappa shape index (κ3) is 4.95. The van der Waals surface area contributed by atoms with Gasteiger partial charge in [0.1, 0.15) is 11.5 Å². The van der Waals surface area contributed by atoms with Crippen LogP contribution >= 0.6 is 35.3 Å². The zero-order chi connectivity index (χ0) is 18.7. The van der Waals surface area contributed by atoms with E-state index in [9.17, 15) is 14.0 Å². The fraction of sp³-hybridized carbons (Fsp3) is 0.353. The number of aromatic nitrogens is 1. The molecule has 2 heterocycles. The summed E-state index contributed by atoms with van der Waals surface area (Å²) in [6, 6.07) is 3.99. The van der Waals surface area contributed by atoms with Crippen molar-refractivity contribution < 1.29 is 14.0 Å². The molecular weight excluding hydrogens is 414 g/mol. The van der Waals surface area contributed by atoms with E-state index >= 15 is 0 Å². The summed E-state index contributed by atoms with van der Waals surface area (Å²) < 4.78 is 13.9. The maximum atomic E-state index is 13.9. The van der Waals surface area contributed by atoms with E-state index in [1.54, 1.807) is 10.3 Å². The van der Waals surface area contributed by atoms with Crippen molar-refractivity contribution in [1.29, 1.82) is 0 Å². The van der Waals surface area contributed by atoms with Crippen LogP contribution in [0.25, 0.3) is 0 Å². The molecule has 0 bridgehead atoms. The lowest BCUT2D eigenvalue weighted by Gasteiger charge is -2.34. The quantitative estimate of drug-likeness (QED) is 0.804. The van der Waals surface area contributed by atoms with Crippen molar-refractivity contribution in [3.8, 4) is 0 Å². The molecule has 2 amide bonds. The van der Waals surface area contributed by atoms with Crippen LogP contribution in [0.3, 0.4) is 0 Å². The number of amides is 2. The SMILES string of the molecule is Cl.NCCc1nc(C(=O)N2CCN(C(=O)c3ccc(Cl)cc3F)CC2)cs1. The number of carbonyl (C=O) groups excluding carboxylic acids is 2. The van der Waals surface area contributed by atoms with Gasteiger partial charge in [0.05, 0.1) is 10.6 Å². The molecule has 1 aliphatic rings. The summed E-state index contributed by atoms with van der Waals surface area (Å²) in [5.41, 5.74) is 5.89. The highest BCUT2D eigenvalue weighted by atomic mass is 35.5. The van der Waals surface area contributed by atoms with Crippen LogP contribution in [0.2, 0.25) is 5.02 Å². The van der Waals surface area contributed by atoms with E-state index in [-0.39, 0.29) is 28.9 Å². The summed E-state index contributed by atoms with van der Waals surface area (Å²) in [6.45, 7) is 1.93. The summed E-state index contributed by atoms with van der Waals surface area (Å²) in [5.74, 6) is -1.20. The monoisotopic (exact) mass is 432 g/mol. The van der Waals surface area contributed by atoms with E-state index < -0.39 is 11.7 Å². The first-order valence-corrected chi connectivity index (χ1v) is 9.43. The van der Waals surface area contributed by atoms with E-state index in [0.29, 0.717) is 44.8 Å². The Kier molecular flexibility index (Phi) is 7.55. The number of thiazole rings is 1. The minimum absolute atomic E-state index is 0. The minimum atomic E-state index is -0.643. The lowest BCUT2D eigenvalue weighted by molar-refractivity contribution is 0.0530. The molecule has 1 aromatic heterocycles. The fourth-order valence-corrected chi connectivity index (χ4v) is 3.70. The highest BCUT2D eigenvalue weighted by Gasteiger charge is 2.27. The number of halogens is 3. The highest BCUT2D eigenvalue weighted by Crippen LogP contribution is 2.18. The Bertz CT molecular complexity index is 825. The summed E-state index contributed by atoms with van der Waals surface area (Å²) >= 11 is 7.14. The van der Waals surface area contributed by atoms with Crippen LogP contribution in [-0.2, 0) is 6.42 Å². The molecule has 10 heteroatoms. The number of nitrogens with two attached hydrogens (primary N) is 1. The Balaban J connectivity index is 0.00000261. The van der Waals surface area contributed by atoms with Gasteiger partial charge in [0.15, 0.2) is 0 Å². The molecule has 6 nitrogen and oxygen atoms in total. The molecule has 0 aliphatic carbocycles. The largest absolute Gasteiger partial charge is 0.335 e. The molecule has 3 rings (SSSR count). The van der Waals surface area contributed by atoms with Crippen molar-refractivity contribution in [3.05, 3.63) is 50.7 Å². The van der Waals surface area contributed by atoms with Crippen molar-refractivity contribution in [2.24, 2.45) is 5.73 Å². The van der Waals surface area contributed by atoms with Gasteiger partial charge in [-0.2, -0.15) is 0 Å². The number of hydrogen-bond acceptors (Lipinski definition) is 5. The Morgan fingerprint density at radius 1 is 1.19 bits per heavy atom. The Morgan fingerprint density at radius 3 is 2.41 bits per heavy atom. The van der Waals surface area contributed by atoms with Crippen LogP contribution < -0.4 is 5.73 Å². The molecule has 1 fully saturated rings. The number of nitrogens with zero attached hydrogens (tertiary/aromatic N) is 3. The summed E-state index contributed by atoms with van der Waals surface area (Å²) in [5, 5.41) is 2.81. The first kappa shape index (κ1) is 21.6. The molecular formula is C17H19Cl2FN4O2S. The van der Waals surface area contributed by atoms with Gasteiger partial charge in [0.25, 0.3) is 11.8 Å². The number of hydrogen-bond donors (Lipinski definition) is 1. The number of benzene rings is 1. The van der Waals surface area contributed by atoms with Crippen LogP contribution in [0.1, 0.15) is 25.9 Å². The molecule has 0 atom stereocenters. The van der Waals surface area contributed by atoms with E-state index in [1.807, 2.05) is 0 Å².